The van der Waals surface area contributed by atoms with Crippen LogP contribution in [0.15, 0.2) is 18.2 Å². The van der Waals surface area contributed by atoms with Crippen LogP contribution in [-0.2, 0) is 16.1 Å². The first-order chi connectivity index (χ1) is 11.1. The molecule has 0 bridgehead atoms. The molecule has 0 spiro atoms. The van der Waals surface area contributed by atoms with E-state index in [2.05, 4.69) is 16.3 Å². The molecule has 1 amide bonds. The molecule has 1 aliphatic rings. The summed E-state index contributed by atoms with van der Waals surface area (Å²) in [6.45, 7) is 9.43. The number of nitrogens with one attached hydrogen (secondary N) is 1. The minimum atomic E-state index is -0.906. The number of ether oxygens (including phenoxy) is 1. The highest BCUT2D eigenvalue weighted by molar-refractivity contribution is 6.00. The van der Waals surface area contributed by atoms with Gasteiger partial charge in [0.15, 0.2) is 0 Å². The third-order valence-corrected chi connectivity index (χ3v) is 5.28. The van der Waals surface area contributed by atoms with Crippen LogP contribution in [0.3, 0.4) is 0 Å². The largest absolute Gasteiger partial charge is 0.378 e. The third kappa shape index (κ3) is 3.34. The topological polar surface area (TPSA) is 67.6 Å². The highest BCUT2D eigenvalue weighted by Gasteiger charge is 2.62. The first-order valence-corrected chi connectivity index (χ1v) is 8.58. The number of hydrogen-bond donors (Lipinski definition) is 2. The van der Waals surface area contributed by atoms with Gasteiger partial charge >= 0.3 is 0 Å². The number of carbonyl (C=O) groups is 1. The molecule has 0 radical (unpaired) electrons. The van der Waals surface area contributed by atoms with E-state index in [-0.39, 0.29) is 17.4 Å². The molecule has 2 atom stereocenters. The Morgan fingerprint density at radius 2 is 2.08 bits per heavy atom. The second kappa shape index (κ2) is 6.82. The van der Waals surface area contributed by atoms with Crippen LogP contribution in [-0.4, -0.2) is 43.2 Å². The van der Waals surface area contributed by atoms with Crippen LogP contribution in [0.25, 0.3) is 0 Å². The predicted octanol–water partition coefficient (Wildman–Crippen LogP) is 2.53. The molecule has 24 heavy (non-hydrogen) atoms. The van der Waals surface area contributed by atoms with Crippen molar-refractivity contribution in [2.24, 2.45) is 11.1 Å². The Morgan fingerprint density at radius 3 is 2.62 bits per heavy atom. The Labute approximate surface area is 145 Å². The number of aryl methyl sites for hydroxylation is 1. The number of nitrogens with zero attached hydrogens (tertiary/aromatic N) is 1. The Hall–Kier alpha value is -1.43. The lowest BCUT2D eigenvalue weighted by Gasteiger charge is -2.57. The van der Waals surface area contributed by atoms with Gasteiger partial charge in [-0.25, -0.2) is 0 Å². The summed E-state index contributed by atoms with van der Waals surface area (Å²) in [7, 11) is 4.05. The summed E-state index contributed by atoms with van der Waals surface area (Å²) in [6, 6.07) is 6.15. The number of nitrogens with two attached hydrogens (primary N) is 1. The molecule has 1 aliphatic carbocycles. The zero-order valence-electron chi connectivity index (χ0n) is 15.8. The summed E-state index contributed by atoms with van der Waals surface area (Å²) in [4.78, 5) is 15.0. The maximum Gasteiger partial charge on any atom is 0.245 e. The van der Waals surface area contributed by atoms with E-state index in [1.165, 1.54) is 0 Å². The van der Waals surface area contributed by atoms with Gasteiger partial charge in [-0.15, -0.1) is 0 Å². The van der Waals surface area contributed by atoms with Gasteiger partial charge in [-0.1, -0.05) is 26.0 Å². The average Bonchev–Trinajstić information content (AvgIpc) is 2.49. The molecule has 5 heteroatoms. The lowest BCUT2D eigenvalue weighted by Crippen LogP contribution is -2.74. The van der Waals surface area contributed by atoms with E-state index >= 15 is 0 Å². The van der Waals surface area contributed by atoms with Crippen molar-refractivity contribution < 1.29 is 9.53 Å². The minimum Gasteiger partial charge on any atom is -0.378 e. The summed E-state index contributed by atoms with van der Waals surface area (Å²) >= 11 is 0. The second-order valence-electron chi connectivity index (χ2n) is 7.68. The zero-order valence-corrected chi connectivity index (χ0v) is 15.8. The first kappa shape index (κ1) is 18.9. The molecule has 1 saturated carbocycles. The molecule has 0 aliphatic heterocycles. The van der Waals surface area contributed by atoms with Gasteiger partial charge in [0.1, 0.15) is 5.54 Å². The van der Waals surface area contributed by atoms with Gasteiger partial charge < -0.3 is 20.7 Å². The molecule has 0 heterocycles. The molecular weight excluding hydrogens is 302 g/mol. The standard InChI is InChI=1S/C19H31N3O2/c1-7-24-16-11-19(20,18(16,3)4)17(23)21-15-10-14(12-22(5)6)9-8-13(15)2/h8-10,16H,7,11-12,20H2,1-6H3,(H,21,23). The molecule has 1 aromatic carbocycles. The number of rotatable bonds is 6. The SMILES string of the molecule is CCOC1CC(N)(C(=O)Nc2cc(CN(C)C)ccc2C)C1(C)C. The van der Waals surface area contributed by atoms with E-state index in [0.29, 0.717) is 13.0 Å². The van der Waals surface area contributed by atoms with E-state index < -0.39 is 5.54 Å². The second-order valence-corrected chi connectivity index (χ2v) is 7.68. The molecular formula is C19H31N3O2. The summed E-state index contributed by atoms with van der Waals surface area (Å²) < 4.78 is 5.71. The maximum absolute atomic E-state index is 12.9. The summed E-state index contributed by atoms with van der Waals surface area (Å²) in [5.41, 5.74) is 8.20. The minimum absolute atomic E-state index is 0.0272. The lowest BCUT2D eigenvalue weighted by atomic mass is 9.54. The van der Waals surface area contributed by atoms with E-state index in [0.717, 1.165) is 23.4 Å². The van der Waals surface area contributed by atoms with Crippen LogP contribution in [0.1, 0.15) is 38.3 Å². The Bertz CT molecular complexity index is 613. The zero-order chi connectivity index (χ0) is 18.1. The molecule has 2 rings (SSSR count). The van der Waals surface area contributed by atoms with E-state index in [4.69, 9.17) is 10.5 Å². The van der Waals surface area contributed by atoms with Crippen LogP contribution < -0.4 is 11.1 Å². The molecule has 3 N–H and O–H groups in total. The van der Waals surface area contributed by atoms with Gasteiger partial charge in [-0.2, -0.15) is 0 Å². The number of carbonyl (C=O) groups excluding carboxylic acids is 1. The van der Waals surface area contributed by atoms with Gasteiger partial charge in [0.05, 0.1) is 6.10 Å². The number of hydrogen-bond acceptors (Lipinski definition) is 4. The van der Waals surface area contributed by atoms with Crippen molar-refractivity contribution >= 4 is 11.6 Å². The quantitative estimate of drug-likeness (QED) is 0.839. The molecule has 1 fully saturated rings. The van der Waals surface area contributed by atoms with Crippen LogP contribution in [0.4, 0.5) is 5.69 Å². The number of benzene rings is 1. The van der Waals surface area contributed by atoms with Gasteiger partial charge in [-0.05, 0) is 45.1 Å². The van der Waals surface area contributed by atoms with Crippen LogP contribution >= 0.6 is 0 Å². The lowest BCUT2D eigenvalue weighted by molar-refractivity contribution is -0.166. The smallest absolute Gasteiger partial charge is 0.245 e. The van der Waals surface area contributed by atoms with E-state index in [9.17, 15) is 4.79 Å². The van der Waals surface area contributed by atoms with Crippen LogP contribution in [0.5, 0.6) is 0 Å². The van der Waals surface area contributed by atoms with E-state index in [1.807, 2.05) is 53.9 Å². The van der Waals surface area contributed by atoms with Gasteiger partial charge in [0.2, 0.25) is 5.91 Å². The number of anilines is 1. The molecule has 5 nitrogen and oxygen atoms in total. The summed E-state index contributed by atoms with van der Waals surface area (Å²) in [6.07, 6.45) is 0.579. The van der Waals surface area contributed by atoms with E-state index in [1.54, 1.807) is 0 Å². The van der Waals surface area contributed by atoms with Crippen LogP contribution in [0.2, 0.25) is 0 Å². The number of amides is 1. The third-order valence-electron chi connectivity index (χ3n) is 5.28. The van der Waals surface area contributed by atoms with Crippen molar-refractivity contribution in [1.82, 2.24) is 4.90 Å². The van der Waals surface area contributed by atoms with Crippen molar-refractivity contribution in [1.29, 1.82) is 0 Å². The molecule has 0 aromatic heterocycles. The normalized spacial score (nSPS) is 25.4. The van der Waals surface area contributed by atoms with Crippen molar-refractivity contribution in [2.75, 3.05) is 26.0 Å². The first-order valence-electron chi connectivity index (χ1n) is 8.58. The predicted molar refractivity (Wildman–Crippen MR) is 97.9 cm³/mol. The molecule has 134 valence electrons. The molecule has 0 saturated heterocycles. The fourth-order valence-corrected chi connectivity index (χ4v) is 3.32. The maximum atomic E-state index is 12.9. The van der Waals surface area contributed by atoms with Gasteiger partial charge in [0.25, 0.3) is 0 Å². The fraction of sp³-hybridized carbons (Fsp3) is 0.632. The highest BCUT2D eigenvalue weighted by atomic mass is 16.5. The Morgan fingerprint density at radius 1 is 1.42 bits per heavy atom. The van der Waals surface area contributed by atoms with Crippen molar-refractivity contribution in [3.8, 4) is 0 Å². The average molecular weight is 333 g/mol. The molecule has 1 aromatic rings. The highest BCUT2D eigenvalue weighted by Crippen LogP contribution is 2.50. The molecule has 2 unspecified atom stereocenters. The summed E-state index contributed by atoms with van der Waals surface area (Å²) in [5.74, 6) is -0.131. The van der Waals surface area contributed by atoms with Crippen LogP contribution in [0, 0.1) is 12.3 Å². The fourth-order valence-electron chi connectivity index (χ4n) is 3.32. The van der Waals surface area contributed by atoms with Crippen molar-refractivity contribution in [3.05, 3.63) is 29.3 Å². The van der Waals surface area contributed by atoms with Crippen molar-refractivity contribution in [3.63, 3.8) is 0 Å². The van der Waals surface area contributed by atoms with Gasteiger partial charge in [0, 0.05) is 30.7 Å². The monoisotopic (exact) mass is 333 g/mol. The Balaban J connectivity index is 2.15. The summed E-state index contributed by atoms with van der Waals surface area (Å²) in [5, 5.41) is 3.05. The van der Waals surface area contributed by atoms with Gasteiger partial charge in [-0.3, -0.25) is 4.79 Å². The van der Waals surface area contributed by atoms with Crippen molar-refractivity contribution in [2.45, 2.75) is 52.3 Å². The Kier molecular flexibility index (Phi) is 5.37.